The third-order valence-corrected chi connectivity index (χ3v) is 6.00. The summed E-state index contributed by atoms with van der Waals surface area (Å²) in [5.41, 5.74) is -2.37. The van der Waals surface area contributed by atoms with Gasteiger partial charge >= 0.3 is 6.18 Å². The third-order valence-electron chi connectivity index (χ3n) is 4.93. The van der Waals surface area contributed by atoms with Gasteiger partial charge < -0.3 is 9.64 Å². The van der Waals surface area contributed by atoms with E-state index >= 15 is 0 Å². The largest absolute Gasteiger partial charge is 0.473 e. The Morgan fingerprint density at radius 1 is 1.38 bits per heavy atom. The Balaban J connectivity index is 1.74. The number of likely N-dealkylation sites (tertiary alicyclic amines) is 1. The average Bonchev–Trinajstić information content (AvgIpc) is 3.38. The maximum atomic E-state index is 13.3. The van der Waals surface area contributed by atoms with Gasteiger partial charge in [0.15, 0.2) is 11.0 Å². The minimum Gasteiger partial charge on any atom is -0.473 e. The van der Waals surface area contributed by atoms with Crippen LogP contribution in [0.25, 0.3) is 10.2 Å². The minimum absolute atomic E-state index is 0.00944. The molecule has 8 nitrogen and oxygen atoms in total. The summed E-state index contributed by atoms with van der Waals surface area (Å²) in [5, 5.41) is 11.5. The predicted molar refractivity (Wildman–Crippen MR) is 98.1 cm³/mol. The lowest BCUT2D eigenvalue weighted by Gasteiger charge is -2.16. The average molecular weight is 428 g/mol. The first-order chi connectivity index (χ1) is 13.7. The zero-order chi connectivity index (χ0) is 20.9. The van der Waals surface area contributed by atoms with Crippen molar-refractivity contribution in [3.05, 3.63) is 32.3 Å². The molecule has 1 atom stereocenters. The van der Waals surface area contributed by atoms with Crippen molar-refractivity contribution < 1.29 is 27.6 Å². The molecule has 1 saturated heterocycles. The molecule has 4 rings (SSSR count). The number of nitro groups is 1. The van der Waals surface area contributed by atoms with E-state index in [0.717, 1.165) is 37.2 Å². The molecular formula is C17H15F3N4O4S. The Hall–Kier alpha value is -2.76. The first-order valence-electron chi connectivity index (χ1n) is 8.82. The predicted octanol–water partition coefficient (Wildman–Crippen LogP) is 3.30. The Morgan fingerprint density at radius 3 is 2.69 bits per heavy atom. The number of hydrogen-bond donors (Lipinski definition) is 0. The molecule has 3 heterocycles. The van der Waals surface area contributed by atoms with Crippen LogP contribution in [0.4, 0.5) is 18.9 Å². The van der Waals surface area contributed by atoms with E-state index in [2.05, 4.69) is 9.98 Å². The number of aliphatic imine (C=N–C) groups is 1. The summed E-state index contributed by atoms with van der Waals surface area (Å²) in [6.07, 6.45) is -2.89. The summed E-state index contributed by atoms with van der Waals surface area (Å²) in [6.45, 7) is 2.39. The van der Waals surface area contributed by atoms with Gasteiger partial charge in [-0.3, -0.25) is 14.9 Å². The van der Waals surface area contributed by atoms with Crippen molar-refractivity contribution in [2.24, 2.45) is 4.99 Å². The van der Waals surface area contributed by atoms with Crippen molar-refractivity contribution >= 4 is 39.0 Å². The molecule has 12 heteroatoms. The first kappa shape index (κ1) is 19.6. The van der Waals surface area contributed by atoms with Crippen LogP contribution in [-0.2, 0) is 15.7 Å². The summed E-state index contributed by atoms with van der Waals surface area (Å²) in [5.74, 6) is -0.149. The van der Waals surface area contributed by atoms with Gasteiger partial charge in [0.1, 0.15) is 11.3 Å². The number of benzene rings is 1. The quantitative estimate of drug-likeness (QED) is 0.552. The van der Waals surface area contributed by atoms with E-state index in [1.54, 1.807) is 4.90 Å². The molecule has 1 fully saturated rings. The summed E-state index contributed by atoms with van der Waals surface area (Å²) >= 11 is 0.828. The molecule has 0 unspecified atom stereocenters. The lowest BCUT2D eigenvalue weighted by molar-refractivity contribution is -0.383. The molecule has 29 heavy (non-hydrogen) atoms. The van der Waals surface area contributed by atoms with Gasteiger partial charge in [-0.05, 0) is 25.8 Å². The van der Waals surface area contributed by atoms with Gasteiger partial charge in [-0.15, -0.1) is 11.3 Å². The van der Waals surface area contributed by atoms with Crippen LogP contribution >= 0.6 is 11.3 Å². The lowest BCUT2D eigenvalue weighted by atomic mass is 10.1. The number of halogens is 3. The molecule has 0 saturated carbocycles. The van der Waals surface area contributed by atoms with Crippen molar-refractivity contribution in [3.8, 4) is 0 Å². The Bertz CT molecular complexity index is 1040. The Kier molecular flexibility index (Phi) is 4.68. The Labute approximate surface area is 166 Å². The highest BCUT2D eigenvalue weighted by atomic mass is 32.1. The summed E-state index contributed by atoms with van der Waals surface area (Å²) in [6, 6.07) is 0.0534. The molecule has 154 valence electrons. The number of amides is 1. The van der Waals surface area contributed by atoms with Gasteiger partial charge in [-0.25, -0.2) is 9.98 Å². The topological polar surface area (TPSA) is 97.9 Å². The highest BCUT2D eigenvalue weighted by Gasteiger charge is 2.38. The van der Waals surface area contributed by atoms with Gasteiger partial charge in [-0.1, -0.05) is 0 Å². The number of alkyl halides is 3. The van der Waals surface area contributed by atoms with Crippen LogP contribution < -0.4 is 0 Å². The van der Waals surface area contributed by atoms with Crippen molar-refractivity contribution in [3.63, 3.8) is 0 Å². The number of hydrogen-bond acceptors (Lipinski definition) is 7. The molecule has 0 aliphatic carbocycles. The molecule has 0 spiro atoms. The zero-order valence-electron chi connectivity index (χ0n) is 15.2. The molecule has 1 amide bonds. The number of ether oxygens (including phenoxy) is 1. The van der Waals surface area contributed by atoms with E-state index in [1.807, 2.05) is 0 Å². The number of nitrogens with zero attached hydrogens (tertiary/aromatic N) is 4. The number of carbonyl (C=O) groups is 1. The fourth-order valence-electron chi connectivity index (χ4n) is 3.51. The van der Waals surface area contributed by atoms with Crippen LogP contribution in [0.2, 0.25) is 0 Å². The van der Waals surface area contributed by atoms with Crippen molar-refractivity contribution in [1.82, 2.24) is 9.88 Å². The van der Waals surface area contributed by atoms with E-state index in [4.69, 9.17) is 4.74 Å². The standard InChI is InChI=1S/C17H15F3N4O4S/c1-8-9(17(18,19)20)6-10-13(12(8)24(26)27)29-15(22-10)14-21-11(7-28-14)16(25)23-4-2-3-5-23/h6,11H,2-5,7H2,1H3/t11-/m0/s1. The highest BCUT2D eigenvalue weighted by Crippen LogP contribution is 2.42. The van der Waals surface area contributed by atoms with Crippen molar-refractivity contribution in [2.45, 2.75) is 32.0 Å². The summed E-state index contributed by atoms with van der Waals surface area (Å²) < 4.78 is 45.3. The molecule has 2 aliphatic heterocycles. The smallest absolute Gasteiger partial charge is 0.416 e. The van der Waals surface area contributed by atoms with E-state index in [0.29, 0.717) is 13.1 Å². The maximum absolute atomic E-state index is 13.3. The SMILES string of the molecule is Cc1c(C(F)(F)F)cc2nc(C3=N[C@H](C(=O)N4CCCC4)CO3)sc2c1[N+](=O)[O-]. The summed E-state index contributed by atoms with van der Waals surface area (Å²) in [4.78, 5) is 33.0. The minimum atomic E-state index is -4.75. The fraction of sp³-hybridized carbons (Fsp3) is 0.471. The van der Waals surface area contributed by atoms with Crippen LogP contribution in [0, 0.1) is 17.0 Å². The van der Waals surface area contributed by atoms with Crippen LogP contribution in [0.1, 0.15) is 29.0 Å². The molecule has 2 aliphatic rings. The number of nitro benzene ring substituents is 1. The van der Waals surface area contributed by atoms with Gasteiger partial charge in [0.25, 0.3) is 11.6 Å². The van der Waals surface area contributed by atoms with Gasteiger partial charge in [-0.2, -0.15) is 13.2 Å². The fourth-order valence-corrected chi connectivity index (χ4v) is 4.58. The zero-order valence-corrected chi connectivity index (χ0v) is 16.0. The monoisotopic (exact) mass is 428 g/mol. The number of aromatic nitrogens is 1. The normalized spacial score (nSPS) is 19.5. The van der Waals surface area contributed by atoms with Gasteiger partial charge in [0.05, 0.1) is 16.0 Å². The molecule has 0 N–H and O–H groups in total. The third kappa shape index (κ3) is 3.41. The second-order valence-corrected chi connectivity index (χ2v) is 7.81. The highest BCUT2D eigenvalue weighted by molar-refractivity contribution is 7.20. The van der Waals surface area contributed by atoms with Gasteiger partial charge in [0, 0.05) is 18.7 Å². The lowest BCUT2D eigenvalue weighted by Crippen LogP contribution is -2.36. The number of rotatable bonds is 3. The summed E-state index contributed by atoms with van der Waals surface area (Å²) in [7, 11) is 0. The molecule has 1 aromatic carbocycles. The van der Waals surface area contributed by atoms with E-state index < -0.39 is 34.0 Å². The number of fused-ring (bicyclic) bond motifs is 1. The van der Waals surface area contributed by atoms with Crippen LogP contribution in [0.3, 0.4) is 0 Å². The van der Waals surface area contributed by atoms with E-state index in [1.165, 1.54) is 0 Å². The van der Waals surface area contributed by atoms with E-state index in [9.17, 15) is 28.1 Å². The van der Waals surface area contributed by atoms with E-state index in [-0.39, 0.29) is 33.6 Å². The van der Waals surface area contributed by atoms with Crippen molar-refractivity contribution in [1.29, 1.82) is 0 Å². The first-order valence-corrected chi connectivity index (χ1v) is 9.64. The molecule has 1 aromatic heterocycles. The maximum Gasteiger partial charge on any atom is 0.416 e. The second-order valence-electron chi connectivity index (χ2n) is 6.81. The number of thiazole rings is 1. The van der Waals surface area contributed by atoms with Crippen LogP contribution in [0.15, 0.2) is 11.1 Å². The van der Waals surface area contributed by atoms with Gasteiger partial charge in [0.2, 0.25) is 5.90 Å². The van der Waals surface area contributed by atoms with Crippen LogP contribution in [-0.4, -0.2) is 52.4 Å². The van der Waals surface area contributed by atoms with Crippen molar-refractivity contribution in [2.75, 3.05) is 19.7 Å². The van der Waals surface area contributed by atoms with Crippen LogP contribution in [0.5, 0.6) is 0 Å². The number of carbonyl (C=O) groups excluding carboxylic acids is 1. The molecular weight excluding hydrogens is 413 g/mol. The Morgan fingerprint density at radius 2 is 2.07 bits per heavy atom. The second kappa shape index (κ2) is 6.94. The molecule has 0 radical (unpaired) electrons. The molecule has 2 aromatic rings. The molecule has 0 bridgehead atoms.